The molecule has 40 heavy (non-hydrogen) atoms. The number of hydrogen-bond acceptors (Lipinski definition) is 6. The van der Waals surface area contributed by atoms with Gasteiger partial charge in [-0.2, -0.15) is 5.26 Å². The molecule has 0 saturated heterocycles. The van der Waals surface area contributed by atoms with E-state index in [2.05, 4.69) is 50.9 Å². The number of nitriles is 1. The summed E-state index contributed by atoms with van der Waals surface area (Å²) in [5, 5.41) is 18.2. The van der Waals surface area contributed by atoms with Gasteiger partial charge in [0.25, 0.3) is 0 Å². The Morgan fingerprint density at radius 3 is 2.42 bits per heavy atom. The van der Waals surface area contributed by atoms with Crippen LogP contribution < -0.4 is 0 Å². The molecule has 0 aromatic carbocycles. The summed E-state index contributed by atoms with van der Waals surface area (Å²) in [6, 6.07) is 2.19. The van der Waals surface area contributed by atoms with Gasteiger partial charge in [-0.15, -0.1) is 10.2 Å². The van der Waals surface area contributed by atoms with Crippen molar-refractivity contribution in [2.24, 2.45) is 50.7 Å². The van der Waals surface area contributed by atoms with E-state index >= 15 is 0 Å². The molecule has 5 aliphatic carbocycles. The first-order valence-electron chi connectivity index (χ1n) is 15.4. The summed E-state index contributed by atoms with van der Waals surface area (Å²) >= 11 is 0. The number of ketones is 2. The van der Waals surface area contributed by atoms with Gasteiger partial charge in [-0.1, -0.05) is 53.2 Å². The number of rotatable bonds is 3. The minimum Gasteiger partial charge on any atom is -0.426 e. The summed E-state index contributed by atoms with van der Waals surface area (Å²) in [6.07, 6.45) is 13.1. The third kappa shape index (κ3) is 3.64. The van der Waals surface area contributed by atoms with Crippen LogP contribution in [0, 0.1) is 69.0 Å². The van der Waals surface area contributed by atoms with Crippen LogP contribution in [0.2, 0.25) is 0 Å². The van der Waals surface area contributed by atoms with E-state index in [1.54, 1.807) is 0 Å². The summed E-state index contributed by atoms with van der Waals surface area (Å²) in [4.78, 5) is 27.5. The number of hydrogen-bond donors (Lipinski definition) is 0. The summed E-state index contributed by atoms with van der Waals surface area (Å²) in [5.41, 5.74) is 0.957. The maximum Gasteiger partial charge on any atom is 0.216 e. The maximum atomic E-state index is 14.6. The highest BCUT2D eigenvalue weighted by atomic mass is 16.4. The molecule has 0 amide bonds. The predicted octanol–water partition coefficient (Wildman–Crippen LogP) is 7.14. The Hall–Kier alpha value is -2.55. The van der Waals surface area contributed by atoms with Crippen LogP contribution in [0.5, 0.6) is 0 Å². The molecular formula is C34H45N3O3. The quantitative estimate of drug-likeness (QED) is 0.402. The van der Waals surface area contributed by atoms with Crippen molar-refractivity contribution in [2.75, 3.05) is 0 Å². The summed E-state index contributed by atoms with van der Waals surface area (Å²) in [6.45, 7) is 15.6. The number of aromatic nitrogens is 2. The molecule has 5 aliphatic rings. The van der Waals surface area contributed by atoms with Crippen LogP contribution in [-0.2, 0) is 16.0 Å². The zero-order valence-corrected chi connectivity index (χ0v) is 25.4. The van der Waals surface area contributed by atoms with Crippen molar-refractivity contribution in [1.29, 1.82) is 5.26 Å². The number of Topliss-reactive ketones (excluding diaryl/α,β-unsaturated/α-hetero) is 1. The van der Waals surface area contributed by atoms with Gasteiger partial charge in [0.15, 0.2) is 11.6 Å². The number of aryl methyl sites for hydroxylation is 2. The molecule has 8 atom stereocenters. The van der Waals surface area contributed by atoms with E-state index in [9.17, 15) is 14.9 Å². The van der Waals surface area contributed by atoms with Gasteiger partial charge in [0.2, 0.25) is 11.8 Å². The second-order valence-electron chi connectivity index (χ2n) is 15.5. The average Bonchev–Trinajstić information content (AvgIpc) is 3.31. The van der Waals surface area contributed by atoms with Crippen molar-refractivity contribution in [3.05, 3.63) is 35.1 Å². The minimum absolute atomic E-state index is 0.0267. The van der Waals surface area contributed by atoms with E-state index in [-0.39, 0.29) is 56.6 Å². The van der Waals surface area contributed by atoms with Crippen LogP contribution >= 0.6 is 0 Å². The van der Waals surface area contributed by atoms with Crippen molar-refractivity contribution >= 4 is 11.6 Å². The SMILES string of the molecule is Cc1nnc(CCC23CCC(C)(C)CC2C2C(=O)C=C4C5(C)C=C(C#N)C(=O)C(C)C5CCC4(C)C2(C)CC3)o1. The average molecular weight is 544 g/mol. The van der Waals surface area contributed by atoms with Crippen LogP contribution in [-0.4, -0.2) is 21.8 Å². The highest BCUT2D eigenvalue weighted by Gasteiger charge is 2.68. The Kier molecular flexibility index (Phi) is 6.02. The molecule has 0 N–H and O–H groups in total. The van der Waals surface area contributed by atoms with Crippen LogP contribution in [0.3, 0.4) is 0 Å². The zero-order chi connectivity index (χ0) is 28.9. The first-order chi connectivity index (χ1) is 18.7. The minimum atomic E-state index is -0.453. The molecule has 1 aromatic rings. The zero-order valence-electron chi connectivity index (χ0n) is 25.4. The number of fused-ring (bicyclic) bond motifs is 7. The van der Waals surface area contributed by atoms with Gasteiger partial charge < -0.3 is 4.42 Å². The van der Waals surface area contributed by atoms with Crippen molar-refractivity contribution < 1.29 is 14.0 Å². The summed E-state index contributed by atoms with van der Waals surface area (Å²) in [5.74, 6) is 1.75. The molecule has 6 rings (SSSR count). The molecule has 0 spiro atoms. The van der Waals surface area contributed by atoms with Gasteiger partial charge in [0.05, 0.1) is 5.57 Å². The molecule has 214 valence electrons. The van der Waals surface area contributed by atoms with Gasteiger partial charge in [0, 0.05) is 30.6 Å². The van der Waals surface area contributed by atoms with E-state index in [0.29, 0.717) is 17.7 Å². The molecule has 0 bridgehead atoms. The van der Waals surface area contributed by atoms with Crippen molar-refractivity contribution in [3.8, 4) is 6.07 Å². The lowest BCUT2D eigenvalue weighted by atomic mass is 9.34. The van der Waals surface area contributed by atoms with Crippen molar-refractivity contribution in [2.45, 2.75) is 106 Å². The van der Waals surface area contributed by atoms with Crippen LogP contribution in [0.15, 0.2) is 27.7 Å². The molecular weight excluding hydrogens is 498 g/mol. The van der Waals surface area contributed by atoms with E-state index in [4.69, 9.17) is 4.42 Å². The monoisotopic (exact) mass is 543 g/mol. The second-order valence-corrected chi connectivity index (χ2v) is 15.5. The molecule has 0 radical (unpaired) electrons. The van der Waals surface area contributed by atoms with Gasteiger partial charge in [-0.3, -0.25) is 9.59 Å². The number of carbonyl (C=O) groups is 2. The molecule has 8 unspecified atom stereocenters. The Balaban J connectivity index is 1.44. The molecule has 6 heteroatoms. The lowest BCUT2D eigenvalue weighted by Crippen LogP contribution is -2.64. The molecule has 3 fully saturated rings. The fourth-order valence-corrected chi connectivity index (χ4v) is 10.6. The summed E-state index contributed by atoms with van der Waals surface area (Å²) < 4.78 is 5.77. The first-order valence-corrected chi connectivity index (χ1v) is 15.4. The smallest absolute Gasteiger partial charge is 0.216 e. The third-order valence-electron chi connectivity index (χ3n) is 13.1. The Labute approximate surface area is 239 Å². The first kappa shape index (κ1) is 27.6. The maximum absolute atomic E-state index is 14.6. The van der Waals surface area contributed by atoms with Gasteiger partial charge in [-0.05, 0) is 90.9 Å². The van der Waals surface area contributed by atoms with Crippen LogP contribution in [0.4, 0.5) is 0 Å². The molecule has 6 nitrogen and oxygen atoms in total. The molecule has 1 aromatic heterocycles. The predicted molar refractivity (Wildman–Crippen MR) is 152 cm³/mol. The lowest BCUT2D eigenvalue weighted by molar-refractivity contribution is -0.171. The standard InChI is InChI=1S/C34H45N3O3/c1-20-23-8-10-32(6)26(31(23,5)17-22(19-35)29(20)39)16-25(38)28-24-18-30(3,4)12-14-34(24,15-13-33(28,32)7)11-9-27-37-36-21(2)40-27/h16-17,20,23-24,28H,8-15,18H2,1-7H3. The van der Waals surface area contributed by atoms with E-state index in [0.717, 1.165) is 51.4 Å². The second kappa shape index (κ2) is 8.73. The Morgan fingerprint density at radius 1 is 1.02 bits per heavy atom. The van der Waals surface area contributed by atoms with Gasteiger partial charge >= 0.3 is 0 Å². The Morgan fingerprint density at radius 2 is 1.75 bits per heavy atom. The van der Waals surface area contributed by atoms with Crippen molar-refractivity contribution in [1.82, 2.24) is 10.2 Å². The lowest BCUT2D eigenvalue weighted by Gasteiger charge is -2.69. The van der Waals surface area contributed by atoms with E-state index in [1.807, 2.05) is 26.0 Å². The Bertz CT molecular complexity index is 1380. The van der Waals surface area contributed by atoms with E-state index < -0.39 is 5.41 Å². The fourth-order valence-electron chi connectivity index (χ4n) is 10.6. The third-order valence-corrected chi connectivity index (χ3v) is 13.1. The topological polar surface area (TPSA) is 96.9 Å². The van der Waals surface area contributed by atoms with Gasteiger partial charge in [0.1, 0.15) is 6.07 Å². The summed E-state index contributed by atoms with van der Waals surface area (Å²) in [7, 11) is 0. The molecule has 0 aliphatic heterocycles. The largest absolute Gasteiger partial charge is 0.426 e. The van der Waals surface area contributed by atoms with Crippen molar-refractivity contribution in [3.63, 3.8) is 0 Å². The highest BCUT2D eigenvalue weighted by Crippen LogP contribution is 2.74. The van der Waals surface area contributed by atoms with Gasteiger partial charge in [-0.25, -0.2) is 0 Å². The number of nitrogens with zero attached hydrogens (tertiary/aromatic N) is 3. The highest BCUT2D eigenvalue weighted by molar-refractivity contribution is 6.02. The number of allylic oxidation sites excluding steroid dienone is 4. The molecule has 3 saturated carbocycles. The van der Waals surface area contributed by atoms with E-state index in [1.165, 1.54) is 12.0 Å². The molecule has 1 heterocycles. The number of carbonyl (C=O) groups excluding carboxylic acids is 2. The van der Waals surface area contributed by atoms with Crippen LogP contribution in [0.25, 0.3) is 0 Å². The van der Waals surface area contributed by atoms with Crippen LogP contribution in [0.1, 0.15) is 105 Å². The normalized spacial score (nSPS) is 43.9. The fraction of sp³-hybridized carbons (Fsp3) is 0.735.